The summed E-state index contributed by atoms with van der Waals surface area (Å²) in [4.78, 5) is 10.6. The zero-order valence-corrected chi connectivity index (χ0v) is 10.1. The molecular formula is C10H20N2O4. The Morgan fingerprint density at radius 1 is 1.31 bits per heavy atom. The first-order chi connectivity index (χ1) is 7.19. The summed E-state index contributed by atoms with van der Waals surface area (Å²) < 4.78 is 0. The van der Waals surface area contributed by atoms with Gasteiger partial charge in [0, 0.05) is 11.8 Å². The van der Waals surface area contributed by atoms with Crippen LogP contribution in [-0.2, 0) is 4.79 Å². The van der Waals surface area contributed by atoms with Crippen molar-refractivity contribution in [1.82, 2.24) is 0 Å². The van der Waals surface area contributed by atoms with Crippen LogP contribution < -0.4 is 0 Å². The molecule has 94 valence electrons. The fraction of sp³-hybridized carbons (Fsp3) is 0.900. The molecule has 0 spiro atoms. The third kappa shape index (κ3) is 4.67. The van der Waals surface area contributed by atoms with E-state index in [-0.39, 0.29) is 5.92 Å². The van der Waals surface area contributed by atoms with Crippen LogP contribution in [0, 0.1) is 11.8 Å². The number of carboxylic acids is 1. The van der Waals surface area contributed by atoms with Crippen LogP contribution in [0.2, 0.25) is 0 Å². The molecule has 0 aliphatic rings. The number of azo groups is 1. The van der Waals surface area contributed by atoms with Crippen molar-refractivity contribution in [1.29, 1.82) is 0 Å². The Balaban J connectivity index is 4.74. The lowest BCUT2D eigenvalue weighted by atomic mass is 9.97. The van der Waals surface area contributed by atoms with Gasteiger partial charge < -0.3 is 15.3 Å². The number of hydrogen-bond donors (Lipinski definition) is 3. The van der Waals surface area contributed by atoms with Gasteiger partial charge in [-0.05, 0) is 0 Å². The van der Waals surface area contributed by atoms with Gasteiger partial charge in [0.05, 0.1) is 6.42 Å². The SMILES string of the molecule is CC(C)C(O)N=NC(O)(CC(=O)O)C(C)C. The van der Waals surface area contributed by atoms with Crippen molar-refractivity contribution in [2.24, 2.45) is 22.1 Å². The van der Waals surface area contributed by atoms with E-state index in [4.69, 9.17) is 5.11 Å². The highest BCUT2D eigenvalue weighted by molar-refractivity contribution is 5.68. The minimum atomic E-state index is -1.76. The topological polar surface area (TPSA) is 102 Å². The lowest BCUT2D eigenvalue weighted by Crippen LogP contribution is -2.35. The number of aliphatic hydroxyl groups excluding tert-OH is 1. The largest absolute Gasteiger partial charge is 0.481 e. The second-order valence-corrected chi connectivity index (χ2v) is 4.48. The molecule has 0 saturated heterocycles. The molecule has 6 heteroatoms. The van der Waals surface area contributed by atoms with Gasteiger partial charge in [-0.3, -0.25) is 4.79 Å². The van der Waals surface area contributed by atoms with Gasteiger partial charge in [-0.25, -0.2) is 0 Å². The molecule has 0 radical (unpaired) electrons. The molecular weight excluding hydrogens is 212 g/mol. The van der Waals surface area contributed by atoms with Crippen molar-refractivity contribution in [2.75, 3.05) is 0 Å². The average Bonchev–Trinajstić information content (AvgIpc) is 2.12. The van der Waals surface area contributed by atoms with Crippen molar-refractivity contribution in [3.8, 4) is 0 Å². The molecule has 0 rings (SSSR count). The lowest BCUT2D eigenvalue weighted by molar-refractivity contribution is -0.144. The molecule has 0 aromatic carbocycles. The van der Waals surface area contributed by atoms with E-state index in [0.29, 0.717) is 0 Å². The van der Waals surface area contributed by atoms with Gasteiger partial charge in [0.15, 0.2) is 12.0 Å². The molecule has 2 atom stereocenters. The summed E-state index contributed by atoms with van der Waals surface area (Å²) >= 11 is 0. The predicted molar refractivity (Wildman–Crippen MR) is 57.7 cm³/mol. The minimum absolute atomic E-state index is 0.134. The van der Waals surface area contributed by atoms with Crippen LogP contribution in [0.5, 0.6) is 0 Å². The van der Waals surface area contributed by atoms with Crippen LogP contribution in [0.15, 0.2) is 10.2 Å². The monoisotopic (exact) mass is 232 g/mol. The van der Waals surface area contributed by atoms with Crippen molar-refractivity contribution >= 4 is 5.97 Å². The summed E-state index contributed by atoms with van der Waals surface area (Å²) in [6.45, 7) is 6.78. The van der Waals surface area contributed by atoms with Gasteiger partial charge >= 0.3 is 5.97 Å². The summed E-state index contributed by atoms with van der Waals surface area (Å²) in [5.41, 5.74) is -1.76. The highest BCUT2D eigenvalue weighted by atomic mass is 16.4. The molecule has 0 aliphatic heterocycles. The van der Waals surface area contributed by atoms with E-state index >= 15 is 0 Å². The summed E-state index contributed by atoms with van der Waals surface area (Å²) in [5.74, 6) is -1.69. The lowest BCUT2D eigenvalue weighted by Gasteiger charge is -2.25. The number of aliphatic carboxylic acids is 1. The number of carbonyl (C=O) groups is 1. The molecule has 0 aliphatic carbocycles. The summed E-state index contributed by atoms with van der Waals surface area (Å²) in [6.07, 6.45) is -1.56. The van der Waals surface area contributed by atoms with Gasteiger partial charge in [0.2, 0.25) is 0 Å². The second kappa shape index (κ2) is 5.91. The molecule has 0 saturated carbocycles. The van der Waals surface area contributed by atoms with Crippen LogP contribution in [-0.4, -0.2) is 33.2 Å². The maximum atomic E-state index is 10.6. The van der Waals surface area contributed by atoms with Crippen molar-refractivity contribution in [2.45, 2.75) is 46.1 Å². The molecule has 0 bridgehead atoms. The predicted octanol–water partition coefficient (Wildman–Crippen LogP) is 1.23. The maximum Gasteiger partial charge on any atom is 0.308 e. The Kier molecular flexibility index (Phi) is 5.53. The molecule has 0 fully saturated rings. The Morgan fingerprint density at radius 3 is 2.12 bits per heavy atom. The molecule has 2 unspecified atom stereocenters. The molecule has 3 N–H and O–H groups in total. The zero-order valence-electron chi connectivity index (χ0n) is 10.1. The number of carboxylic acid groups (broad SMARTS) is 1. The van der Waals surface area contributed by atoms with Gasteiger partial charge in [0.1, 0.15) is 0 Å². The molecule has 16 heavy (non-hydrogen) atoms. The number of rotatable bonds is 6. The highest BCUT2D eigenvalue weighted by Gasteiger charge is 2.34. The van der Waals surface area contributed by atoms with E-state index in [0.717, 1.165) is 0 Å². The maximum absolute atomic E-state index is 10.6. The van der Waals surface area contributed by atoms with E-state index in [1.54, 1.807) is 27.7 Å². The highest BCUT2D eigenvalue weighted by Crippen LogP contribution is 2.24. The molecule has 6 nitrogen and oxygen atoms in total. The summed E-state index contributed by atoms with van der Waals surface area (Å²) in [6, 6.07) is 0. The first kappa shape index (κ1) is 15.0. The normalized spacial score (nSPS) is 18.0. The number of aliphatic hydroxyl groups is 2. The fourth-order valence-corrected chi connectivity index (χ4v) is 0.870. The molecule has 0 aromatic rings. The third-order valence-corrected chi connectivity index (χ3v) is 2.28. The van der Waals surface area contributed by atoms with Crippen molar-refractivity contribution in [3.63, 3.8) is 0 Å². The molecule has 0 aromatic heterocycles. The minimum Gasteiger partial charge on any atom is -0.481 e. The van der Waals surface area contributed by atoms with Crippen molar-refractivity contribution in [3.05, 3.63) is 0 Å². The van der Waals surface area contributed by atoms with E-state index < -0.39 is 30.3 Å². The van der Waals surface area contributed by atoms with Gasteiger partial charge in [-0.15, -0.1) is 0 Å². The standard InChI is InChI=1S/C10H20N2O4/c1-6(2)9(15)11-12-10(16,7(3)4)5-8(13)14/h6-7,9,15-16H,5H2,1-4H3,(H,13,14). The summed E-state index contributed by atoms with van der Waals surface area (Å²) in [7, 11) is 0. The summed E-state index contributed by atoms with van der Waals surface area (Å²) in [5, 5.41) is 35.1. The van der Waals surface area contributed by atoms with Crippen molar-refractivity contribution < 1.29 is 20.1 Å². The Bertz CT molecular complexity index is 266. The first-order valence-corrected chi connectivity index (χ1v) is 5.23. The van der Waals surface area contributed by atoms with E-state index in [2.05, 4.69) is 10.2 Å². The second-order valence-electron chi connectivity index (χ2n) is 4.48. The first-order valence-electron chi connectivity index (χ1n) is 5.23. The van der Waals surface area contributed by atoms with Crippen LogP contribution >= 0.6 is 0 Å². The Labute approximate surface area is 95.0 Å². The third-order valence-electron chi connectivity index (χ3n) is 2.28. The molecule has 0 heterocycles. The van der Waals surface area contributed by atoms with E-state index in [1.165, 1.54) is 0 Å². The van der Waals surface area contributed by atoms with Crippen LogP contribution in [0.3, 0.4) is 0 Å². The van der Waals surface area contributed by atoms with E-state index in [1.807, 2.05) is 0 Å². The number of hydrogen-bond acceptors (Lipinski definition) is 5. The number of nitrogens with zero attached hydrogens (tertiary/aromatic N) is 2. The van der Waals surface area contributed by atoms with Gasteiger partial charge in [-0.1, -0.05) is 27.7 Å². The van der Waals surface area contributed by atoms with Crippen LogP contribution in [0.4, 0.5) is 0 Å². The Morgan fingerprint density at radius 2 is 1.81 bits per heavy atom. The van der Waals surface area contributed by atoms with Gasteiger partial charge in [0.25, 0.3) is 0 Å². The Hall–Kier alpha value is -1.01. The molecule has 0 amide bonds. The van der Waals surface area contributed by atoms with Crippen LogP contribution in [0.25, 0.3) is 0 Å². The quantitative estimate of drug-likeness (QED) is 0.599. The van der Waals surface area contributed by atoms with Crippen LogP contribution in [0.1, 0.15) is 34.1 Å². The average molecular weight is 232 g/mol. The van der Waals surface area contributed by atoms with Gasteiger partial charge in [-0.2, -0.15) is 10.2 Å². The zero-order chi connectivity index (χ0) is 12.9. The van der Waals surface area contributed by atoms with E-state index in [9.17, 15) is 15.0 Å². The smallest absolute Gasteiger partial charge is 0.308 e. The fourth-order valence-electron chi connectivity index (χ4n) is 0.870.